The van der Waals surface area contributed by atoms with E-state index >= 15 is 0 Å². The molecule has 2 amide bonds. The fraction of sp³-hybridized carbons (Fsp3) is 0.222. The van der Waals surface area contributed by atoms with Crippen molar-refractivity contribution in [2.75, 3.05) is 0 Å². The van der Waals surface area contributed by atoms with Crippen molar-refractivity contribution in [2.45, 2.75) is 25.9 Å². The van der Waals surface area contributed by atoms with Crippen LogP contribution in [0.2, 0.25) is 0 Å². The van der Waals surface area contributed by atoms with Gasteiger partial charge in [0, 0.05) is 5.39 Å². The number of nitrogens with zero attached hydrogens (tertiary/aromatic N) is 1. The Morgan fingerprint density at radius 3 is 2.69 bits per heavy atom. The molecule has 26 heavy (non-hydrogen) atoms. The number of aromatic amines is 1. The van der Waals surface area contributed by atoms with E-state index in [0.29, 0.717) is 22.2 Å². The summed E-state index contributed by atoms with van der Waals surface area (Å²) in [6.45, 7) is 1.84. The number of furan rings is 1. The van der Waals surface area contributed by atoms with Crippen molar-refractivity contribution in [3.63, 3.8) is 0 Å². The lowest BCUT2D eigenvalue weighted by atomic mass is 10.1. The van der Waals surface area contributed by atoms with Crippen LogP contribution < -0.4 is 16.2 Å². The van der Waals surface area contributed by atoms with E-state index in [2.05, 4.69) is 20.8 Å². The van der Waals surface area contributed by atoms with Gasteiger partial charge in [-0.05, 0) is 25.1 Å². The van der Waals surface area contributed by atoms with Crippen molar-refractivity contribution in [2.24, 2.45) is 0 Å². The third-order valence-corrected chi connectivity index (χ3v) is 3.89. The van der Waals surface area contributed by atoms with E-state index in [4.69, 9.17) is 4.42 Å². The van der Waals surface area contributed by atoms with Gasteiger partial charge < -0.3 is 15.1 Å². The molecule has 0 spiro atoms. The van der Waals surface area contributed by atoms with Crippen LogP contribution in [-0.4, -0.2) is 28.1 Å². The van der Waals surface area contributed by atoms with Gasteiger partial charge in [0.05, 0.1) is 30.3 Å². The largest absolute Gasteiger partial charge is 0.467 e. The molecule has 8 nitrogen and oxygen atoms in total. The number of nitrogens with one attached hydrogen (secondary N) is 3. The van der Waals surface area contributed by atoms with Gasteiger partial charge in [0.15, 0.2) is 0 Å². The molecule has 3 aromatic rings. The summed E-state index contributed by atoms with van der Waals surface area (Å²) >= 11 is 0. The molecule has 2 aromatic heterocycles. The lowest BCUT2D eigenvalue weighted by Gasteiger charge is -2.14. The van der Waals surface area contributed by atoms with Crippen LogP contribution in [0.1, 0.15) is 18.4 Å². The average Bonchev–Trinajstić information content (AvgIpc) is 3.16. The van der Waals surface area contributed by atoms with Gasteiger partial charge in [-0.2, -0.15) is 5.10 Å². The van der Waals surface area contributed by atoms with Crippen LogP contribution >= 0.6 is 0 Å². The maximum atomic E-state index is 12.2. The maximum Gasteiger partial charge on any atom is 0.272 e. The quantitative estimate of drug-likeness (QED) is 0.607. The zero-order valence-electron chi connectivity index (χ0n) is 14.1. The van der Waals surface area contributed by atoms with Crippen LogP contribution in [-0.2, 0) is 22.6 Å². The summed E-state index contributed by atoms with van der Waals surface area (Å²) in [5.74, 6) is -0.0647. The second kappa shape index (κ2) is 7.64. The van der Waals surface area contributed by atoms with Crippen molar-refractivity contribution < 1.29 is 14.0 Å². The summed E-state index contributed by atoms with van der Waals surface area (Å²) in [4.78, 5) is 36.1. The highest BCUT2D eigenvalue weighted by molar-refractivity contribution is 5.91. The summed E-state index contributed by atoms with van der Waals surface area (Å²) in [7, 11) is 0. The SMILES string of the molecule is C[C@@H](NC(=O)Cc1n[nH]c(=O)c2ccccc12)C(=O)NCc1ccco1. The highest BCUT2D eigenvalue weighted by atomic mass is 16.3. The number of rotatable bonds is 6. The molecule has 0 aliphatic carbocycles. The summed E-state index contributed by atoms with van der Waals surface area (Å²) in [5, 5.41) is 12.7. The van der Waals surface area contributed by atoms with Crippen LogP contribution in [0.15, 0.2) is 51.9 Å². The molecule has 0 aliphatic rings. The lowest BCUT2D eigenvalue weighted by molar-refractivity contribution is -0.128. The van der Waals surface area contributed by atoms with E-state index < -0.39 is 6.04 Å². The number of benzene rings is 1. The second-order valence-electron chi connectivity index (χ2n) is 5.81. The molecule has 0 saturated heterocycles. The minimum atomic E-state index is -0.716. The molecule has 1 atom stereocenters. The number of carbonyl (C=O) groups is 2. The van der Waals surface area contributed by atoms with E-state index in [-0.39, 0.29) is 30.3 Å². The Labute approximate surface area is 148 Å². The van der Waals surface area contributed by atoms with Gasteiger partial charge in [0.2, 0.25) is 11.8 Å². The standard InChI is InChI=1S/C18H18N4O4/c1-11(17(24)19-10-12-5-4-8-26-12)20-16(23)9-15-13-6-2-3-7-14(13)18(25)22-21-15/h2-8,11H,9-10H2,1H3,(H,19,24)(H,20,23)(H,22,25)/t11-/m1/s1. The molecule has 134 valence electrons. The Morgan fingerprint density at radius 2 is 1.96 bits per heavy atom. The van der Waals surface area contributed by atoms with Crippen LogP contribution in [0.25, 0.3) is 10.8 Å². The first-order valence-corrected chi connectivity index (χ1v) is 8.10. The number of fused-ring (bicyclic) bond motifs is 1. The number of carbonyl (C=O) groups excluding carboxylic acids is 2. The summed E-state index contributed by atoms with van der Waals surface area (Å²) < 4.78 is 5.13. The normalized spacial score (nSPS) is 11.9. The number of hydrogen-bond acceptors (Lipinski definition) is 5. The summed E-state index contributed by atoms with van der Waals surface area (Å²) in [5.41, 5.74) is 0.135. The smallest absolute Gasteiger partial charge is 0.272 e. The van der Waals surface area contributed by atoms with Gasteiger partial charge in [-0.15, -0.1) is 0 Å². The fourth-order valence-electron chi connectivity index (χ4n) is 2.56. The first-order chi connectivity index (χ1) is 12.5. The van der Waals surface area contributed by atoms with Crippen LogP contribution in [0.3, 0.4) is 0 Å². The number of aromatic nitrogens is 2. The molecular formula is C18H18N4O4. The Kier molecular flexibility index (Phi) is 5.12. The molecule has 0 aliphatic heterocycles. The van der Waals surface area contributed by atoms with Gasteiger partial charge in [-0.3, -0.25) is 14.4 Å². The Morgan fingerprint density at radius 1 is 1.19 bits per heavy atom. The molecule has 0 saturated carbocycles. The first kappa shape index (κ1) is 17.4. The highest BCUT2D eigenvalue weighted by Gasteiger charge is 2.17. The second-order valence-corrected chi connectivity index (χ2v) is 5.81. The minimum Gasteiger partial charge on any atom is -0.467 e. The summed E-state index contributed by atoms with van der Waals surface area (Å²) in [6.07, 6.45) is 1.47. The third kappa shape index (κ3) is 3.97. The zero-order valence-corrected chi connectivity index (χ0v) is 14.1. The van der Waals surface area contributed by atoms with E-state index in [9.17, 15) is 14.4 Å². The number of amides is 2. The van der Waals surface area contributed by atoms with E-state index in [1.54, 1.807) is 43.3 Å². The molecule has 2 heterocycles. The van der Waals surface area contributed by atoms with Crippen molar-refractivity contribution >= 4 is 22.6 Å². The third-order valence-electron chi connectivity index (χ3n) is 3.89. The minimum absolute atomic E-state index is 0.0485. The van der Waals surface area contributed by atoms with Crippen molar-refractivity contribution in [1.29, 1.82) is 0 Å². The first-order valence-electron chi connectivity index (χ1n) is 8.10. The van der Waals surface area contributed by atoms with E-state index in [1.807, 2.05) is 0 Å². The molecule has 0 fully saturated rings. The van der Waals surface area contributed by atoms with Gasteiger partial charge >= 0.3 is 0 Å². The van der Waals surface area contributed by atoms with Crippen molar-refractivity contribution in [3.8, 4) is 0 Å². The maximum absolute atomic E-state index is 12.2. The number of H-pyrrole nitrogens is 1. The van der Waals surface area contributed by atoms with Crippen molar-refractivity contribution in [1.82, 2.24) is 20.8 Å². The average molecular weight is 354 g/mol. The van der Waals surface area contributed by atoms with E-state index in [1.165, 1.54) is 6.26 Å². The highest BCUT2D eigenvalue weighted by Crippen LogP contribution is 2.12. The van der Waals surface area contributed by atoms with Crippen LogP contribution in [0, 0.1) is 0 Å². The Balaban J connectivity index is 1.61. The van der Waals surface area contributed by atoms with Gasteiger partial charge in [-0.25, -0.2) is 5.10 Å². The molecule has 1 aromatic carbocycles. The molecule has 0 radical (unpaired) electrons. The van der Waals surface area contributed by atoms with Gasteiger partial charge in [0.1, 0.15) is 11.8 Å². The van der Waals surface area contributed by atoms with Crippen LogP contribution in [0.4, 0.5) is 0 Å². The molecule has 8 heteroatoms. The summed E-state index contributed by atoms with van der Waals surface area (Å²) in [6, 6.07) is 9.68. The Hall–Kier alpha value is -3.42. The lowest BCUT2D eigenvalue weighted by Crippen LogP contribution is -2.45. The molecule has 0 bridgehead atoms. The van der Waals surface area contributed by atoms with Crippen LogP contribution in [0.5, 0.6) is 0 Å². The topological polar surface area (TPSA) is 117 Å². The van der Waals surface area contributed by atoms with E-state index in [0.717, 1.165) is 0 Å². The van der Waals surface area contributed by atoms with Gasteiger partial charge in [0.25, 0.3) is 5.56 Å². The van der Waals surface area contributed by atoms with Crippen molar-refractivity contribution in [3.05, 3.63) is 64.5 Å². The molecular weight excluding hydrogens is 336 g/mol. The monoisotopic (exact) mass is 354 g/mol. The Bertz CT molecular complexity index is 978. The molecule has 0 unspecified atom stereocenters. The van der Waals surface area contributed by atoms with Gasteiger partial charge in [-0.1, -0.05) is 18.2 Å². The molecule has 3 N–H and O–H groups in total. The predicted molar refractivity (Wildman–Crippen MR) is 94.2 cm³/mol. The number of hydrogen-bond donors (Lipinski definition) is 3. The fourth-order valence-corrected chi connectivity index (χ4v) is 2.56. The predicted octanol–water partition coefficient (Wildman–Crippen LogP) is 0.880. The zero-order chi connectivity index (χ0) is 18.5. The molecule has 3 rings (SSSR count).